The molecule has 9 N–H and O–H groups in total. The summed E-state index contributed by atoms with van der Waals surface area (Å²) in [6.45, 7) is -0.164. The van der Waals surface area contributed by atoms with Crippen molar-refractivity contribution in [2.75, 3.05) is 13.1 Å². The van der Waals surface area contributed by atoms with Crippen LogP contribution in [0.4, 0.5) is 0 Å². The van der Waals surface area contributed by atoms with Gasteiger partial charge in [0.15, 0.2) is 0 Å². The lowest BCUT2D eigenvalue weighted by atomic mass is 9.96. The molecule has 0 radical (unpaired) electrons. The van der Waals surface area contributed by atoms with Gasteiger partial charge >= 0.3 is 13.3 Å². The predicted octanol–water partition coefficient (Wildman–Crippen LogP) is 3.88. The topological polar surface area (TPSA) is 335 Å². The number of hydrogen-bond acceptors (Lipinski definition) is 11. The Morgan fingerprint density at radius 2 is 1.43 bits per heavy atom. The molecule has 0 spiro atoms. The molecule has 24 heteroatoms. The summed E-state index contributed by atoms with van der Waals surface area (Å²) >= 11 is 0. The third-order valence-electron chi connectivity index (χ3n) is 16.5. The van der Waals surface area contributed by atoms with Crippen molar-refractivity contribution in [3.63, 3.8) is 0 Å². The summed E-state index contributed by atoms with van der Waals surface area (Å²) in [6, 6.07) is 31.0. The van der Waals surface area contributed by atoms with Crippen molar-refractivity contribution in [1.82, 2.24) is 45.2 Å². The van der Waals surface area contributed by atoms with Gasteiger partial charge in [-0.05, 0) is 116 Å². The minimum atomic E-state index is -5.14. The summed E-state index contributed by atoms with van der Waals surface area (Å²) in [5, 5.41) is 11.2. The van der Waals surface area contributed by atoms with Crippen LogP contribution in [0.15, 0.2) is 132 Å². The van der Waals surface area contributed by atoms with Crippen LogP contribution < -0.4 is 32.7 Å². The second kappa shape index (κ2) is 25.5. The van der Waals surface area contributed by atoms with Crippen LogP contribution in [-0.2, 0) is 64.4 Å². The van der Waals surface area contributed by atoms with Crippen LogP contribution in [0.1, 0.15) is 112 Å². The van der Waals surface area contributed by atoms with Crippen LogP contribution in [-0.4, -0.2) is 124 Å². The van der Waals surface area contributed by atoms with Gasteiger partial charge in [0.05, 0.1) is 17.1 Å². The van der Waals surface area contributed by atoms with E-state index in [4.69, 9.17) is 5.73 Å². The highest BCUT2D eigenvalue weighted by Gasteiger charge is 2.46. The molecule has 2 aromatic heterocycles. The number of carbonyl (C=O) groups is 9. The van der Waals surface area contributed by atoms with E-state index < -0.39 is 84.8 Å². The van der Waals surface area contributed by atoms with Crippen molar-refractivity contribution < 1.29 is 57.5 Å². The lowest BCUT2D eigenvalue weighted by molar-refractivity contribution is -0.145. The van der Waals surface area contributed by atoms with Crippen molar-refractivity contribution in [2.45, 2.75) is 107 Å². The number of aryl methyl sites for hydroxylation is 4. The van der Waals surface area contributed by atoms with Gasteiger partial charge in [-0.3, -0.25) is 62.2 Å². The SMILES string of the molecule is Cn1c(=O)n(C2CCC(=O)NC2=O)c2ccc(CCc3ccccc3CCC(=O)N3CC[C@H]4CC[C@@H](C(=O)N[C@@H](CCC(N)=O)C(=O)NC(c5ccccc5)c5ccccc5)N4C(=O)[C@@H](NC(=O)c4cc5cc(C(=O)P(=O)(O)O)ccc5[nH]4)C3)cc21. The molecule has 446 valence electrons. The maximum absolute atomic E-state index is 15.2. The number of fused-ring (bicyclic) bond motifs is 3. The third-order valence-corrected chi connectivity index (χ3v) is 17.3. The molecule has 0 bridgehead atoms. The number of aromatic amines is 1. The number of aromatic nitrogens is 3. The Bertz CT molecular complexity index is 3890. The first-order chi connectivity index (χ1) is 41.2. The number of primary amides is 1. The lowest BCUT2D eigenvalue weighted by Gasteiger charge is -2.39. The molecule has 1 unspecified atom stereocenters. The first kappa shape index (κ1) is 59.8. The smallest absolute Gasteiger partial charge is 0.370 e. The Morgan fingerprint density at radius 3 is 2.10 bits per heavy atom. The van der Waals surface area contributed by atoms with Gasteiger partial charge in [-0.2, -0.15) is 0 Å². The summed E-state index contributed by atoms with van der Waals surface area (Å²) in [5.41, 5.74) is 9.28. The highest BCUT2D eigenvalue weighted by Crippen LogP contribution is 2.40. The molecule has 3 saturated heterocycles. The monoisotopic (exact) mass is 1190 g/mol. The summed E-state index contributed by atoms with van der Waals surface area (Å²) in [7, 11) is -3.51. The fraction of sp³-hybridized carbons (Fsp3) is 0.323. The number of benzene rings is 5. The molecule has 0 aliphatic carbocycles. The molecule has 5 aromatic carbocycles. The average molecular weight is 1190 g/mol. The van der Waals surface area contributed by atoms with Crippen LogP contribution in [0.3, 0.4) is 0 Å². The van der Waals surface area contributed by atoms with E-state index in [1.165, 1.54) is 43.2 Å². The van der Waals surface area contributed by atoms with Crippen molar-refractivity contribution in [1.29, 1.82) is 0 Å². The van der Waals surface area contributed by atoms with E-state index >= 15 is 4.79 Å². The molecule has 5 heterocycles. The largest absolute Gasteiger partial charge is 0.396 e. The molecule has 86 heavy (non-hydrogen) atoms. The molecule has 0 saturated carbocycles. The molecule has 5 atom stereocenters. The summed E-state index contributed by atoms with van der Waals surface area (Å²) in [5.74, 6) is -4.66. The number of carbonyl (C=O) groups excluding carboxylic acids is 9. The predicted molar refractivity (Wildman–Crippen MR) is 315 cm³/mol. The van der Waals surface area contributed by atoms with Crippen LogP contribution in [0.25, 0.3) is 21.9 Å². The number of imide groups is 1. The minimum absolute atomic E-state index is 0.0229. The molecule has 3 aliphatic rings. The van der Waals surface area contributed by atoms with Crippen LogP contribution >= 0.6 is 7.60 Å². The number of piperidine rings is 1. The minimum Gasteiger partial charge on any atom is -0.370 e. The number of rotatable bonds is 20. The standard InChI is InChI=1S/C62H65N10O13P/c1-69-51-32-36(17-24-48(51)72(62(69)82)50-26-28-53(74)67-59(50)79)16-18-37-10-8-9-11-38(37)20-29-54(75)70-31-30-43-21-25-49(58(78)65-45(23-27-52(63)73)56(76)68-55(39-12-4-2-5-13-39)40-14-6-3-7-15-40)71(43)60(80)47(35-70)66-57(77)46-34-42-33-41(19-22-44(42)64-46)61(81)86(83,84)85/h2-15,17,19,22,24,32-34,43,45,47,49-50,55,64H,16,18,20-21,23,25-31,35H2,1H3,(H2,63,73)(H,65,78)(H,66,77)(H,68,76)(H,67,74,79)(H2,83,84,85)/t43-,45+,47+,49+,50?/m1/s1. The maximum Gasteiger partial charge on any atom is 0.396 e. The number of nitrogens with two attached hydrogens (primary N) is 1. The van der Waals surface area contributed by atoms with Gasteiger partial charge in [0, 0.05) is 61.9 Å². The van der Waals surface area contributed by atoms with Gasteiger partial charge in [-0.25, -0.2) is 4.79 Å². The molecule has 7 aromatic rings. The zero-order valence-electron chi connectivity index (χ0n) is 47.0. The Morgan fingerprint density at radius 1 is 0.744 bits per heavy atom. The fourth-order valence-corrected chi connectivity index (χ4v) is 12.5. The molecule has 3 fully saturated rings. The van der Waals surface area contributed by atoms with E-state index in [-0.39, 0.29) is 92.2 Å². The molecular formula is C62H65N10O13P. The van der Waals surface area contributed by atoms with Crippen molar-refractivity contribution in [3.05, 3.63) is 177 Å². The highest BCUT2D eigenvalue weighted by molar-refractivity contribution is 7.70. The van der Waals surface area contributed by atoms with Gasteiger partial charge in [-0.15, -0.1) is 0 Å². The fourth-order valence-electron chi connectivity index (χ4n) is 12.0. The Hall–Kier alpha value is -9.31. The normalized spacial score (nSPS) is 18.5. The quantitative estimate of drug-likeness (QED) is 0.0397. The van der Waals surface area contributed by atoms with Crippen LogP contribution in [0, 0.1) is 0 Å². The van der Waals surface area contributed by atoms with Gasteiger partial charge < -0.3 is 46.3 Å². The highest BCUT2D eigenvalue weighted by atomic mass is 31.2. The van der Waals surface area contributed by atoms with Crippen molar-refractivity contribution >= 4 is 82.3 Å². The Kier molecular flexibility index (Phi) is 17.7. The third kappa shape index (κ3) is 13.1. The van der Waals surface area contributed by atoms with E-state index in [0.717, 1.165) is 27.8 Å². The molecule has 3 aliphatic heterocycles. The summed E-state index contributed by atoms with van der Waals surface area (Å²) < 4.78 is 14.7. The van der Waals surface area contributed by atoms with Crippen molar-refractivity contribution in [2.24, 2.45) is 12.8 Å². The second-order valence-electron chi connectivity index (χ2n) is 22.1. The zero-order chi connectivity index (χ0) is 61.0. The number of nitrogens with one attached hydrogen (secondary N) is 5. The van der Waals surface area contributed by atoms with E-state index in [9.17, 15) is 57.5 Å². The van der Waals surface area contributed by atoms with E-state index in [2.05, 4.69) is 26.3 Å². The van der Waals surface area contributed by atoms with Gasteiger partial charge in [0.25, 0.3) is 11.4 Å². The Labute approximate surface area is 492 Å². The lowest BCUT2D eigenvalue weighted by Crippen LogP contribution is -2.62. The average Bonchev–Trinajstić information content (AvgIpc) is 2.02. The number of H-pyrrole nitrogens is 1. The first-order valence-electron chi connectivity index (χ1n) is 28.5. The second-order valence-corrected chi connectivity index (χ2v) is 23.6. The van der Waals surface area contributed by atoms with Crippen LogP contribution in [0.5, 0.6) is 0 Å². The number of hydrogen-bond donors (Lipinski definition) is 8. The summed E-state index contributed by atoms with van der Waals surface area (Å²) in [4.78, 5) is 161. The van der Waals surface area contributed by atoms with Crippen LogP contribution in [0.2, 0.25) is 0 Å². The van der Waals surface area contributed by atoms with E-state index in [0.29, 0.717) is 42.2 Å². The first-order valence-corrected chi connectivity index (χ1v) is 30.1. The summed E-state index contributed by atoms with van der Waals surface area (Å²) in [6.07, 6.45) is 2.17. The van der Waals surface area contributed by atoms with Crippen molar-refractivity contribution in [3.8, 4) is 0 Å². The Balaban J connectivity index is 0.870. The van der Waals surface area contributed by atoms with Gasteiger partial charge in [0.1, 0.15) is 29.9 Å². The molecule has 23 nitrogen and oxygen atoms in total. The molecular weight excluding hydrogens is 1120 g/mol. The molecule has 8 amide bonds. The van der Waals surface area contributed by atoms with E-state index in [1.54, 1.807) is 13.1 Å². The number of amides is 8. The zero-order valence-corrected chi connectivity index (χ0v) is 47.9. The number of imidazole rings is 1. The van der Waals surface area contributed by atoms with Gasteiger partial charge in [-0.1, -0.05) is 91.0 Å². The van der Waals surface area contributed by atoms with E-state index in [1.807, 2.05) is 97.1 Å². The maximum atomic E-state index is 15.2. The number of nitrogens with zero attached hydrogens (tertiary/aromatic N) is 4. The molecule has 10 rings (SSSR count). The van der Waals surface area contributed by atoms with Gasteiger partial charge in [0.2, 0.25) is 41.4 Å².